The number of hydrogen-bond donors (Lipinski definition) is 1. The molecule has 0 aliphatic heterocycles. The molecule has 0 radical (unpaired) electrons. The highest BCUT2D eigenvalue weighted by Crippen LogP contribution is 2.52. The highest BCUT2D eigenvalue weighted by atomic mass is 32.1. The first-order valence-electron chi connectivity index (χ1n) is 5.26. The van der Waals surface area contributed by atoms with Crippen LogP contribution in [0, 0.1) is 0 Å². The van der Waals surface area contributed by atoms with Crippen LogP contribution in [-0.4, -0.2) is 16.1 Å². The van der Waals surface area contributed by atoms with Gasteiger partial charge < -0.3 is 5.11 Å². The van der Waals surface area contributed by atoms with Crippen molar-refractivity contribution < 1.29 is 9.90 Å². The second-order valence-electron chi connectivity index (χ2n) is 4.36. The monoisotopic (exact) mass is 233 g/mol. The van der Waals surface area contributed by atoms with Gasteiger partial charge in [-0.1, -0.05) is 12.1 Å². The van der Waals surface area contributed by atoms with Gasteiger partial charge in [0.1, 0.15) is 0 Å². The minimum atomic E-state index is -0.718. The van der Waals surface area contributed by atoms with E-state index in [2.05, 4.69) is 4.98 Å². The molecule has 0 atom stereocenters. The third-order valence-electron chi connectivity index (χ3n) is 3.27. The molecule has 1 aliphatic carbocycles. The maximum Gasteiger partial charge on any atom is 0.304 e. The zero-order chi connectivity index (χ0) is 11.2. The molecular weight excluding hydrogens is 222 g/mol. The lowest BCUT2D eigenvalue weighted by Gasteiger charge is -2.13. The number of benzene rings is 1. The lowest BCUT2D eigenvalue weighted by atomic mass is 9.91. The molecule has 0 spiro atoms. The van der Waals surface area contributed by atoms with E-state index >= 15 is 0 Å². The van der Waals surface area contributed by atoms with Gasteiger partial charge in [0.15, 0.2) is 0 Å². The van der Waals surface area contributed by atoms with Crippen LogP contribution in [0.5, 0.6) is 0 Å². The van der Waals surface area contributed by atoms with Crippen molar-refractivity contribution in [2.75, 3.05) is 0 Å². The number of rotatable bonds is 3. The van der Waals surface area contributed by atoms with Crippen LogP contribution in [0.2, 0.25) is 0 Å². The fraction of sp³-hybridized carbons (Fsp3) is 0.333. The number of fused-ring (bicyclic) bond motifs is 1. The van der Waals surface area contributed by atoms with Crippen LogP contribution in [0.15, 0.2) is 23.7 Å². The van der Waals surface area contributed by atoms with Crippen LogP contribution in [0.1, 0.15) is 24.8 Å². The summed E-state index contributed by atoms with van der Waals surface area (Å²) in [6.45, 7) is 0. The van der Waals surface area contributed by atoms with Crippen molar-refractivity contribution in [2.24, 2.45) is 0 Å². The van der Waals surface area contributed by atoms with Gasteiger partial charge in [0.2, 0.25) is 0 Å². The Morgan fingerprint density at radius 3 is 3.00 bits per heavy atom. The Bertz CT molecular complexity index is 557. The second-order valence-corrected chi connectivity index (χ2v) is 5.24. The van der Waals surface area contributed by atoms with Crippen LogP contribution in [0.25, 0.3) is 10.2 Å². The van der Waals surface area contributed by atoms with Crippen LogP contribution in [-0.2, 0) is 10.2 Å². The molecule has 0 unspecified atom stereocenters. The topological polar surface area (TPSA) is 50.2 Å². The molecule has 1 heterocycles. The van der Waals surface area contributed by atoms with Gasteiger partial charge in [-0.3, -0.25) is 4.79 Å². The normalized spacial score (nSPS) is 17.5. The second kappa shape index (κ2) is 3.28. The van der Waals surface area contributed by atoms with Gasteiger partial charge in [-0.2, -0.15) is 0 Å². The third-order valence-corrected chi connectivity index (χ3v) is 4.07. The van der Waals surface area contributed by atoms with Crippen molar-refractivity contribution in [3.8, 4) is 0 Å². The fourth-order valence-corrected chi connectivity index (χ4v) is 3.00. The summed E-state index contributed by atoms with van der Waals surface area (Å²) in [7, 11) is 0. The van der Waals surface area contributed by atoms with Gasteiger partial charge in [0, 0.05) is 5.41 Å². The number of aromatic nitrogens is 1. The Morgan fingerprint density at radius 2 is 2.31 bits per heavy atom. The fourth-order valence-electron chi connectivity index (χ4n) is 2.30. The summed E-state index contributed by atoms with van der Waals surface area (Å²) in [5.41, 5.74) is 3.80. The smallest absolute Gasteiger partial charge is 0.304 e. The molecule has 0 bridgehead atoms. The number of nitrogens with zero attached hydrogens (tertiary/aromatic N) is 1. The average Bonchev–Trinajstić information content (AvgIpc) is 2.85. The van der Waals surface area contributed by atoms with Crippen molar-refractivity contribution in [3.63, 3.8) is 0 Å². The summed E-state index contributed by atoms with van der Waals surface area (Å²) in [5.74, 6) is -0.718. The number of thiazole rings is 1. The van der Waals surface area contributed by atoms with Crippen molar-refractivity contribution in [2.45, 2.75) is 24.7 Å². The van der Waals surface area contributed by atoms with Crippen LogP contribution >= 0.6 is 11.3 Å². The Labute approximate surface area is 96.7 Å². The SMILES string of the molecule is O=C(O)CC1(c2cccc3scnc23)CC1. The van der Waals surface area contributed by atoms with E-state index in [9.17, 15) is 4.79 Å². The Morgan fingerprint density at radius 1 is 1.50 bits per heavy atom. The first-order valence-corrected chi connectivity index (χ1v) is 6.14. The van der Waals surface area contributed by atoms with Crippen LogP contribution in [0.4, 0.5) is 0 Å². The van der Waals surface area contributed by atoms with E-state index in [4.69, 9.17) is 5.11 Å². The number of hydrogen-bond acceptors (Lipinski definition) is 3. The molecule has 3 nitrogen and oxygen atoms in total. The van der Waals surface area contributed by atoms with Crippen molar-refractivity contribution in [3.05, 3.63) is 29.3 Å². The van der Waals surface area contributed by atoms with E-state index in [1.165, 1.54) is 0 Å². The van der Waals surface area contributed by atoms with E-state index in [1.807, 2.05) is 23.7 Å². The number of carboxylic acid groups (broad SMARTS) is 1. The van der Waals surface area contributed by atoms with Crippen molar-refractivity contribution >= 4 is 27.5 Å². The summed E-state index contributed by atoms with van der Waals surface area (Å²) in [6.07, 6.45) is 2.16. The van der Waals surface area contributed by atoms with Crippen molar-refractivity contribution in [1.82, 2.24) is 4.98 Å². The summed E-state index contributed by atoms with van der Waals surface area (Å²) in [5, 5.41) is 8.96. The maximum absolute atomic E-state index is 10.9. The Kier molecular flexibility index (Phi) is 2.01. The molecule has 3 rings (SSSR count). The summed E-state index contributed by atoms with van der Waals surface area (Å²) in [4.78, 5) is 15.2. The minimum absolute atomic E-state index is 0.139. The zero-order valence-corrected chi connectivity index (χ0v) is 9.46. The molecule has 82 valence electrons. The van der Waals surface area contributed by atoms with Gasteiger partial charge in [0.05, 0.1) is 22.1 Å². The van der Waals surface area contributed by atoms with Crippen LogP contribution < -0.4 is 0 Å². The summed E-state index contributed by atoms with van der Waals surface area (Å²) < 4.78 is 1.15. The number of para-hydroxylation sites is 1. The number of carbonyl (C=O) groups is 1. The predicted molar refractivity (Wildman–Crippen MR) is 62.8 cm³/mol. The Balaban J connectivity index is 2.12. The molecular formula is C12H11NO2S. The molecule has 1 N–H and O–H groups in total. The standard InChI is InChI=1S/C12H11NO2S/c14-10(15)6-12(4-5-12)8-2-1-3-9-11(8)13-7-16-9/h1-3,7H,4-6H2,(H,14,15). The molecule has 0 saturated heterocycles. The van der Waals surface area contributed by atoms with E-state index in [-0.39, 0.29) is 11.8 Å². The van der Waals surface area contributed by atoms with Gasteiger partial charge >= 0.3 is 5.97 Å². The molecule has 1 saturated carbocycles. The van der Waals surface area contributed by atoms with Gasteiger partial charge in [-0.25, -0.2) is 4.98 Å². The van der Waals surface area contributed by atoms with Gasteiger partial charge in [-0.15, -0.1) is 11.3 Å². The summed E-state index contributed by atoms with van der Waals surface area (Å²) in [6, 6.07) is 6.06. The highest BCUT2D eigenvalue weighted by molar-refractivity contribution is 7.16. The number of carboxylic acids is 1. The first-order chi connectivity index (χ1) is 7.71. The Hall–Kier alpha value is -1.42. The molecule has 1 aromatic heterocycles. The summed E-state index contributed by atoms with van der Waals surface area (Å²) >= 11 is 1.61. The maximum atomic E-state index is 10.9. The van der Waals surface area contributed by atoms with Crippen molar-refractivity contribution in [1.29, 1.82) is 0 Å². The van der Waals surface area contributed by atoms with E-state index < -0.39 is 5.97 Å². The largest absolute Gasteiger partial charge is 0.481 e. The quantitative estimate of drug-likeness (QED) is 0.886. The minimum Gasteiger partial charge on any atom is -0.481 e. The number of aliphatic carboxylic acids is 1. The van der Waals surface area contributed by atoms with E-state index in [0.29, 0.717) is 0 Å². The highest BCUT2D eigenvalue weighted by Gasteiger charge is 2.47. The molecule has 1 aliphatic rings. The molecule has 0 amide bonds. The molecule has 2 aromatic rings. The van der Waals surface area contributed by atoms with Gasteiger partial charge in [0.25, 0.3) is 0 Å². The van der Waals surface area contributed by atoms with Crippen LogP contribution in [0.3, 0.4) is 0 Å². The van der Waals surface area contributed by atoms with E-state index in [1.54, 1.807) is 11.3 Å². The molecule has 16 heavy (non-hydrogen) atoms. The lowest BCUT2D eigenvalue weighted by Crippen LogP contribution is -2.13. The predicted octanol–water partition coefficient (Wildman–Crippen LogP) is 2.80. The van der Waals surface area contributed by atoms with Gasteiger partial charge in [-0.05, 0) is 24.5 Å². The molecule has 4 heteroatoms. The first kappa shape index (κ1) is 9.78. The molecule has 1 aromatic carbocycles. The third kappa shape index (κ3) is 1.41. The zero-order valence-electron chi connectivity index (χ0n) is 8.64. The van der Waals surface area contributed by atoms with E-state index in [0.717, 1.165) is 28.6 Å². The lowest BCUT2D eigenvalue weighted by molar-refractivity contribution is -0.137. The average molecular weight is 233 g/mol. The molecule has 1 fully saturated rings.